The van der Waals surface area contributed by atoms with Gasteiger partial charge in [0, 0.05) is 32.6 Å². The number of piperazine rings is 1. The van der Waals surface area contributed by atoms with Gasteiger partial charge in [0.05, 0.1) is 17.7 Å². The lowest BCUT2D eigenvalue weighted by Crippen LogP contribution is -2.50. The fraction of sp³-hybridized carbons (Fsp3) is 0.391. The van der Waals surface area contributed by atoms with Gasteiger partial charge in [-0.3, -0.25) is 9.59 Å². The van der Waals surface area contributed by atoms with Crippen LogP contribution in [0.1, 0.15) is 34.3 Å². The molecule has 0 atom stereocenters. The van der Waals surface area contributed by atoms with Gasteiger partial charge in [0.1, 0.15) is 5.75 Å². The first-order chi connectivity index (χ1) is 14.8. The fourth-order valence-electron chi connectivity index (χ4n) is 3.45. The zero-order valence-electron chi connectivity index (χ0n) is 17.3. The van der Waals surface area contributed by atoms with E-state index in [2.05, 4.69) is 0 Å². The number of hydrogen-bond donors (Lipinski definition) is 0. The minimum atomic E-state index is -4.59. The van der Waals surface area contributed by atoms with Gasteiger partial charge in [0.15, 0.2) is 0 Å². The number of rotatable bonds is 6. The van der Waals surface area contributed by atoms with Gasteiger partial charge in [0.2, 0.25) is 5.91 Å². The monoisotopic (exact) mass is 434 g/mol. The molecule has 3 rings (SSSR count). The van der Waals surface area contributed by atoms with E-state index in [1.807, 2.05) is 31.2 Å². The summed E-state index contributed by atoms with van der Waals surface area (Å²) in [5.74, 6) is 0.0473. The molecule has 8 heteroatoms. The predicted octanol–water partition coefficient (Wildman–Crippen LogP) is 4.16. The van der Waals surface area contributed by atoms with Crippen LogP contribution in [0.3, 0.4) is 0 Å². The number of carbonyl (C=O) groups excluding carboxylic acids is 2. The van der Waals surface area contributed by atoms with Gasteiger partial charge in [-0.25, -0.2) is 0 Å². The Kier molecular flexibility index (Phi) is 7.20. The molecule has 1 heterocycles. The summed E-state index contributed by atoms with van der Waals surface area (Å²) in [6.07, 6.45) is -3.72. The maximum Gasteiger partial charge on any atom is 0.417 e. The third-order valence-electron chi connectivity index (χ3n) is 5.21. The average Bonchev–Trinajstić information content (AvgIpc) is 2.77. The second-order valence-electron chi connectivity index (χ2n) is 7.48. The zero-order valence-corrected chi connectivity index (χ0v) is 17.3. The lowest BCUT2D eigenvalue weighted by molar-refractivity contribution is -0.138. The molecule has 0 radical (unpaired) electrons. The van der Waals surface area contributed by atoms with Gasteiger partial charge < -0.3 is 14.5 Å². The average molecular weight is 434 g/mol. The first kappa shape index (κ1) is 22.7. The van der Waals surface area contributed by atoms with Crippen molar-refractivity contribution in [3.8, 4) is 5.75 Å². The molecule has 166 valence electrons. The second kappa shape index (κ2) is 9.85. The number of nitrogens with zero attached hydrogens (tertiary/aromatic N) is 2. The highest BCUT2D eigenvalue weighted by Gasteiger charge is 2.36. The number of aryl methyl sites for hydroxylation is 1. The van der Waals surface area contributed by atoms with Crippen LogP contribution in [0.4, 0.5) is 13.2 Å². The van der Waals surface area contributed by atoms with Gasteiger partial charge in [-0.05, 0) is 37.6 Å². The molecule has 0 saturated carbocycles. The van der Waals surface area contributed by atoms with Crippen LogP contribution in [0.5, 0.6) is 5.75 Å². The maximum absolute atomic E-state index is 13.2. The summed E-state index contributed by atoms with van der Waals surface area (Å²) in [5.41, 5.74) is -0.155. The van der Waals surface area contributed by atoms with Crippen LogP contribution in [0, 0.1) is 6.92 Å². The minimum Gasteiger partial charge on any atom is -0.494 e. The molecule has 2 aromatic carbocycles. The first-order valence-corrected chi connectivity index (χ1v) is 10.2. The fourth-order valence-corrected chi connectivity index (χ4v) is 3.45. The van der Waals surface area contributed by atoms with Gasteiger partial charge in [-0.2, -0.15) is 13.2 Å². The van der Waals surface area contributed by atoms with E-state index in [-0.39, 0.29) is 24.6 Å². The molecule has 31 heavy (non-hydrogen) atoms. The third-order valence-corrected chi connectivity index (χ3v) is 5.21. The summed E-state index contributed by atoms with van der Waals surface area (Å²) < 4.78 is 45.2. The minimum absolute atomic E-state index is 0.0460. The highest BCUT2D eigenvalue weighted by atomic mass is 19.4. The zero-order chi connectivity index (χ0) is 22.4. The Morgan fingerprint density at radius 2 is 1.55 bits per heavy atom. The Morgan fingerprint density at radius 1 is 0.935 bits per heavy atom. The van der Waals surface area contributed by atoms with E-state index in [0.717, 1.165) is 17.4 Å². The van der Waals surface area contributed by atoms with Crippen LogP contribution in [0.15, 0.2) is 48.5 Å². The maximum atomic E-state index is 13.2. The Balaban J connectivity index is 1.45. The van der Waals surface area contributed by atoms with E-state index >= 15 is 0 Å². The van der Waals surface area contributed by atoms with E-state index in [9.17, 15) is 22.8 Å². The van der Waals surface area contributed by atoms with Crippen molar-refractivity contribution in [3.63, 3.8) is 0 Å². The molecule has 2 aromatic rings. The Hall–Kier alpha value is -3.03. The van der Waals surface area contributed by atoms with Gasteiger partial charge in [-0.1, -0.05) is 29.8 Å². The SMILES string of the molecule is Cc1ccc(OCCCC(=O)N2CCN(C(=O)c3ccccc3C(F)(F)F)CC2)cc1. The molecule has 0 N–H and O–H groups in total. The third kappa shape index (κ3) is 5.99. The lowest BCUT2D eigenvalue weighted by Gasteiger charge is -2.35. The van der Waals surface area contributed by atoms with Crippen molar-refractivity contribution in [3.05, 3.63) is 65.2 Å². The molecular weight excluding hydrogens is 409 g/mol. The molecule has 2 amide bonds. The van der Waals surface area contributed by atoms with E-state index < -0.39 is 17.6 Å². The highest BCUT2D eigenvalue weighted by Crippen LogP contribution is 2.32. The number of amides is 2. The van der Waals surface area contributed by atoms with Gasteiger partial charge in [-0.15, -0.1) is 0 Å². The van der Waals surface area contributed by atoms with Crippen molar-refractivity contribution in [2.75, 3.05) is 32.8 Å². The topological polar surface area (TPSA) is 49.9 Å². The standard InChI is InChI=1S/C23H25F3N2O3/c1-17-8-10-18(11-9-17)31-16-4-7-21(29)27-12-14-28(15-13-27)22(30)19-5-2-3-6-20(19)23(24,25)26/h2-3,5-6,8-11H,4,7,12-16H2,1H3. The molecule has 1 aliphatic heterocycles. The van der Waals surface area contributed by atoms with E-state index in [1.54, 1.807) is 4.90 Å². The molecule has 0 bridgehead atoms. The highest BCUT2D eigenvalue weighted by molar-refractivity contribution is 5.96. The van der Waals surface area contributed by atoms with Crippen molar-refractivity contribution in [2.24, 2.45) is 0 Å². The number of ether oxygens (including phenoxy) is 1. The van der Waals surface area contributed by atoms with Crippen LogP contribution in [0.25, 0.3) is 0 Å². The lowest BCUT2D eigenvalue weighted by atomic mass is 10.1. The normalized spacial score (nSPS) is 14.5. The molecule has 0 spiro atoms. The first-order valence-electron chi connectivity index (χ1n) is 10.2. The summed E-state index contributed by atoms with van der Waals surface area (Å²) in [5, 5.41) is 0. The van der Waals surface area contributed by atoms with Crippen LogP contribution in [0.2, 0.25) is 0 Å². The molecule has 0 unspecified atom stereocenters. The Morgan fingerprint density at radius 3 is 2.19 bits per heavy atom. The summed E-state index contributed by atoms with van der Waals surface area (Å²) in [6.45, 7) is 3.43. The predicted molar refractivity (Wildman–Crippen MR) is 110 cm³/mol. The van der Waals surface area contributed by atoms with Crippen molar-refractivity contribution in [1.29, 1.82) is 0 Å². The molecule has 1 aliphatic rings. The smallest absolute Gasteiger partial charge is 0.417 e. The molecule has 5 nitrogen and oxygen atoms in total. The Bertz CT molecular complexity index is 905. The van der Waals surface area contributed by atoms with Crippen LogP contribution in [-0.2, 0) is 11.0 Å². The molecule has 1 saturated heterocycles. The van der Waals surface area contributed by atoms with Crippen molar-refractivity contribution in [2.45, 2.75) is 25.9 Å². The second-order valence-corrected chi connectivity index (χ2v) is 7.48. The van der Waals surface area contributed by atoms with E-state index in [4.69, 9.17) is 4.74 Å². The van der Waals surface area contributed by atoms with Crippen molar-refractivity contribution in [1.82, 2.24) is 9.80 Å². The van der Waals surface area contributed by atoms with Crippen LogP contribution < -0.4 is 4.74 Å². The van der Waals surface area contributed by atoms with Gasteiger partial charge in [0.25, 0.3) is 5.91 Å². The van der Waals surface area contributed by atoms with Crippen LogP contribution in [-0.4, -0.2) is 54.4 Å². The van der Waals surface area contributed by atoms with Gasteiger partial charge >= 0.3 is 6.18 Å². The number of hydrogen-bond acceptors (Lipinski definition) is 3. The summed E-state index contributed by atoms with van der Waals surface area (Å²) in [6, 6.07) is 12.4. The van der Waals surface area contributed by atoms with Crippen molar-refractivity contribution < 1.29 is 27.5 Å². The molecule has 1 fully saturated rings. The quantitative estimate of drug-likeness (QED) is 0.642. The number of carbonyl (C=O) groups is 2. The number of halogens is 3. The molecule has 0 aromatic heterocycles. The van der Waals surface area contributed by atoms with Crippen LogP contribution >= 0.6 is 0 Å². The summed E-state index contributed by atoms with van der Waals surface area (Å²) in [4.78, 5) is 28.0. The summed E-state index contributed by atoms with van der Waals surface area (Å²) >= 11 is 0. The molecule has 0 aliphatic carbocycles. The van der Waals surface area contributed by atoms with E-state index in [1.165, 1.54) is 23.1 Å². The Labute approximate surface area is 179 Å². The molecular formula is C23H25F3N2O3. The van der Waals surface area contributed by atoms with E-state index in [0.29, 0.717) is 32.5 Å². The summed E-state index contributed by atoms with van der Waals surface area (Å²) in [7, 11) is 0. The number of alkyl halides is 3. The van der Waals surface area contributed by atoms with Crippen molar-refractivity contribution >= 4 is 11.8 Å². The number of benzene rings is 2. The largest absolute Gasteiger partial charge is 0.494 e.